The summed E-state index contributed by atoms with van der Waals surface area (Å²) in [7, 11) is 4.23. The van der Waals surface area contributed by atoms with E-state index in [9.17, 15) is 4.79 Å². The molecule has 1 atom stereocenters. The number of nitrogens with zero attached hydrogens (tertiary/aromatic N) is 2. The van der Waals surface area contributed by atoms with Gasteiger partial charge < -0.3 is 14.9 Å². The lowest BCUT2D eigenvalue weighted by Crippen LogP contribution is -2.36. The third-order valence-electron chi connectivity index (χ3n) is 3.97. The Morgan fingerprint density at radius 1 is 1.57 bits per heavy atom. The maximum atomic E-state index is 10.7. The average Bonchev–Trinajstić information content (AvgIpc) is 2.82. The molecule has 1 heterocycles. The maximum Gasteiger partial charge on any atom is 0.328 e. The first kappa shape index (κ1) is 16.0. The first-order valence-electron chi connectivity index (χ1n) is 7.09. The lowest BCUT2D eigenvalue weighted by Gasteiger charge is -2.28. The number of carbonyl (C=O) groups is 1. The number of rotatable bonds is 5. The summed E-state index contributed by atoms with van der Waals surface area (Å²) in [5.41, 5.74) is 1.96. The van der Waals surface area contributed by atoms with Gasteiger partial charge in [0.05, 0.1) is 0 Å². The Morgan fingerprint density at radius 3 is 2.95 bits per heavy atom. The van der Waals surface area contributed by atoms with Crippen LogP contribution in [0.15, 0.2) is 28.7 Å². The van der Waals surface area contributed by atoms with Crippen molar-refractivity contribution in [1.82, 2.24) is 4.90 Å². The van der Waals surface area contributed by atoms with Crippen LogP contribution in [0.2, 0.25) is 0 Å². The van der Waals surface area contributed by atoms with Crippen LogP contribution >= 0.6 is 15.9 Å². The van der Waals surface area contributed by atoms with E-state index in [1.54, 1.807) is 6.08 Å². The van der Waals surface area contributed by atoms with Crippen molar-refractivity contribution in [3.8, 4) is 0 Å². The van der Waals surface area contributed by atoms with Crippen molar-refractivity contribution in [3.63, 3.8) is 0 Å². The fourth-order valence-corrected chi connectivity index (χ4v) is 3.12. The second kappa shape index (κ2) is 7.09. The van der Waals surface area contributed by atoms with Crippen LogP contribution in [0.25, 0.3) is 6.08 Å². The van der Waals surface area contributed by atoms with Crippen LogP contribution in [0.4, 0.5) is 5.69 Å². The molecule has 1 aromatic carbocycles. The largest absolute Gasteiger partial charge is 0.478 e. The molecule has 0 amide bonds. The number of likely N-dealkylation sites (N-methyl/N-ethyl adjacent to an activating group) is 2. The molecule has 0 radical (unpaired) electrons. The van der Waals surface area contributed by atoms with Crippen LogP contribution in [-0.2, 0) is 4.79 Å². The Balaban J connectivity index is 2.20. The molecule has 1 N–H and O–H groups in total. The molecule has 5 heteroatoms. The Labute approximate surface area is 134 Å². The number of hydrogen-bond acceptors (Lipinski definition) is 3. The molecule has 0 aromatic heterocycles. The highest BCUT2D eigenvalue weighted by molar-refractivity contribution is 9.10. The zero-order chi connectivity index (χ0) is 15.4. The molecule has 0 spiro atoms. The average molecular weight is 353 g/mol. The van der Waals surface area contributed by atoms with Gasteiger partial charge in [-0.15, -0.1) is 0 Å². The monoisotopic (exact) mass is 352 g/mol. The number of benzene rings is 1. The Bertz CT molecular complexity index is 545. The lowest BCUT2D eigenvalue weighted by atomic mass is 10.1. The lowest BCUT2D eigenvalue weighted by molar-refractivity contribution is -0.131. The number of likely N-dealkylation sites (tertiary alicyclic amines) is 1. The molecule has 1 aliphatic rings. The minimum atomic E-state index is -0.929. The van der Waals surface area contributed by atoms with Crippen LogP contribution in [0.3, 0.4) is 0 Å². The van der Waals surface area contributed by atoms with E-state index in [0.717, 1.165) is 28.8 Å². The van der Waals surface area contributed by atoms with Gasteiger partial charge in [0, 0.05) is 35.9 Å². The van der Waals surface area contributed by atoms with Gasteiger partial charge in [-0.2, -0.15) is 0 Å². The number of aliphatic carboxylic acids is 1. The topological polar surface area (TPSA) is 43.8 Å². The third-order valence-corrected chi connectivity index (χ3v) is 4.46. The molecule has 114 valence electrons. The number of hydrogen-bond donors (Lipinski definition) is 1. The van der Waals surface area contributed by atoms with E-state index < -0.39 is 5.97 Å². The summed E-state index contributed by atoms with van der Waals surface area (Å²) in [6.07, 6.45) is 5.30. The van der Waals surface area contributed by atoms with Gasteiger partial charge in [-0.1, -0.05) is 22.0 Å². The molecule has 1 aromatic rings. The van der Waals surface area contributed by atoms with Crippen molar-refractivity contribution in [2.75, 3.05) is 32.1 Å². The molecule has 0 bridgehead atoms. The molecular formula is C16H21BrN2O2. The van der Waals surface area contributed by atoms with Gasteiger partial charge in [0.25, 0.3) is 0 Å². The predicted octanol–water partition coefficient (Wildman–Crippen LogP) is 3.08. The molecule has 0 saturated carbocycles. The molecule has 1 aliphatic heterocycles. The molecule has 1 saturated heterocycles. The van der Waals surface area contributed by atoms with Crippen LogP contribution in [0.5, 0.6) is 0 Å². The van der Waals surface area contributed by atoms with Crippen molar-refractivity contribution >= 4 is 33.7 Å². The number of carboxylic acid groups (broad SMARTS) is 1. The SMILES string of the molecule is CN(CC1CCCN1C)c1cc(Br)ccc1C=CC(=O)O. The van der Waals surface area contributed by atoms with Gasteiger partial charge >= 0.3 is 5.97 Å². The first-order valence-corrected chi connectivity index (χ1v) is 7.88. The number of halogens is 1. The quantitative estimate of drug-likeness (QED) is 0.827. The Hall–Kier alpha value is -1.33. The highest BCUT2D eigenvalue weighted by Crippen LogP contribution is 2.27. The van der Waals surface area contributed by atoms with E-state index >= 15 is 0 Å². The van der Waals surface area contributed by atoms with Gasteiger partial charge in [0.1, 0.15) is 0 Å². The molecule has 1 fully saturated rings. The zero-order valence-corrected chi connectivity index (χ0v) is 14.0. The van der Waals surface area contributed by atoms with E-state index in [4.69, 9.17) is 5.11 Å². The van der Waals surface area contributed by atoms with Gasteiger partial charge in [0.2, 0.25) is 0 Å². The van der Waals surface area contributed by atoms with Crippen molar-refractivity contribution in [3.05, 3.63) is 34.3 Å². The Morgan fingerprint density at radius 2 is 2.33 bits per heavy atom. The standard InChI is InChI=1S/C16H21BrN2O2/c1-18-9-3-4-14(18)11-19(2)15-10-13(17)7-5-12(15)6-8-16(20)21/h5-8,10,14H,3-4,9,11H2,1-2H3,(H,20,21). The van der Waals surface area contributed by atoms with Crippen LogP contribution in [-0.4, -0.2) is 49.2 Å². The fourth-order valence-electron chi connectivity index (χ4n) is 2.77. The molecule has 4 nitrogen and oxygen atoms in total. The molecular weight excluding hydrogens is 332 g/mol. The normalized spacial score (nSPS) is 19.3. The first-order chi connectivity index (χ1) is 9.97. The van der Waals surface area contributed by atoms with Crippen molar-refractivity contribution in [2.45, 2.75) is 18.9 Å². The predicted molar refractivity (Wildman–Crippen MR) is 89.7 cm³/mol. The van der Waals surface area contributed by atoms with E-state index in [-0.39, 0.29) is 0 Å². The summed E-state index contributed by atoms with van der Waals surface area (Å²) in [5, 5.41) is 8.81. The van der Waals surface area contributed by atoms with Crippen molar-refractivity contribution in [2.24, 2.45) is 0 Å². The summed E-state index contributed by atoms with van der Waals surface area (Å²) in [4.78, 5) is 15.3. The van der Waals surface area contributed by atoms with Crippen LogP contribution in [0, 0.1) is 0 Å². The van der Waals surface area contributed by atoms with Crippen LogP contribution < -0.4 is 4.90 Å². The molecule has 21 heavy (non-hydrogen) atoms. The fraction of sp³-hybridized carbons (Fsp3) is 0.438. The van der Waals surface area contributed by atoms with Gasteiger partial charge in [0.15, 0.2) is 0 Å². The maximum absolute atomic E-state index is 10.7. The van der Waals surface area contributed by atoms with E-state index in [1.807, 2.05) is 18.2 Å². The summed E-state index contributed by atoms with van der Waals surface area (Å²) in [6.45, 7) is 2.10. The minimum Gasteiger partial charge on any atom is -0.478 e. The highest BCUT2D eigenvalue weighted by atomic mass is 79.9. The van der Waals surface area contributed by atoms with Crippen LogP contribution in [0.1, 0.15) is 18.4 Å². The smallest absolute Gasteiger partial charge is 0.328 e. The van der Waals surface area contributed by atoms with Crippen molar-refractivity contribution in [1.29, 1.82) is 0 Å². The molecule has 2 rings (SSSR count). The van der Waals surface area contributed by atoms with Crippen molar-refractivity contribution < 1.29 is 9.90 Å². The van der Waals surface area contributed by atoms with Gasteiger partial charge in [-0.3, -0.25) is 0 Å². The highest BCUT2D eigenvalue weighted by Gasteiger charge is 2.22. The van der Waals surface area contributed by atoms with E-state index in [1.165, 1.54) is 18.9 Å². The van der Waals surface area contributed by atoms with E-state index in [2.05, 4.69) is 39.8 Å². The number of carboxylic acids is 1. The third kappa shape index (κ3) is 4.32. The van der Waals surface area contributed by atoms with E-state index in [0.29, 0.717) is 6.04 Å². The summed E-state index contributed by atoms with van der Waals surface area (Å²) >= 11 is 3.49. The second-order valence-electron chi connectivity index (χ2n) is 5.53. The van der Waals surface area contributed by atoms with Gasteiger partial charge in [-0.05, 0) is 50.2 Å². The second-order valence-corrected chi connectivity index (χ2v) is 6.45. The van der Waals surface area contributed by atoms with Gasteiger partial charge in [-0.25, -0.2) is 4.79 Å². The summed E-state index contributed by atoms with van der Waals surface area (Å²) in [6, 6.07) is 6.47. The molecule has 1 unspecified atom stereocenters. The summed E-state index contributed by atoms with van der Waals surface area (Å²) in [5.74, 6) is -0.929. The summed E-state index contributed by atoms with van der Waals surface area (Å²) < 4.78 is 0.997. The molecule has 0 aliphatic carbocycles. The number of anilines is 1. The zero-order valence-electron chi connectivity index (χ0n) is 12.4. The minimum absolute atomic E-state index is 0.560. The Kier molecular flexibility index (Phi) is 5.42.